The summed E-state index contributed by atoms with van der Waals surface area (Å²) in [6.45, 7) is 6.92. The van der Waals surface area contributed by atoms with Crippen LogP contribution in [0.1, 0.15) is 45.6 Å². The van der Waals surface area contributed by atoms with Crippen LogP contribution < -0.4 is 10.1 Å². The second kappa shape index (κ2) is 6.79. The van der Waals surface area contributed by atoms with Gasteiger partial charge in [-0.15, -0.1) is 0 Å². The summed E-state index contributed by atoms with van der Waals surface area (Å²) < 4.78 is 6.65. The van der Waals surface area contributed by atoms with Gasteiger partial charge in [-0.25, -0.2) is 4.99 Å². The molecule has 1 aliphatic carbocycles. The zero-order valence-electron chi connectivity index (χ0n) is 15.9. The summed E-state index contributed by atoms with van der Waals surface area (Å²) in [5, 5.41) is 3.55. The second-order valence-electron chi connectivity index (χ2n) is 8.13. The number of ether oxygens (including phenoxy) is 1. The van der Waals surface area contributed by atoms with Crippen LogP contribution in [-0.4, -0.2) is 11.6 Å². The molecule has 1 heterocycles. The van der Waals surface area contributed by atoms with Crippen LogP contribution in [0.5, 0.6) is 5.75 Å². The number of anilines is 1. The molecule has 26 heavy (non-hydrogen) atoms. The van der Waals surface area contributed by atoms with Crippen molar-refractivity contribution in [2.24, 2.45) is 22.7 Å². The minimum absolute atomic E-state index is 0.430. The summed E-state index contributed by atoms with van der Waals surface area (Å²) in [4.78, 5) is 5.25. The number of benzene rings is 2. The Kier molecular flexibility index (Phi) is 4.47. The summed E-state index contributed by atoms with van der Waals surface area (Å²) in [5.41, 5.74) is 1.64. The van der Waals surface area contributed by atoms with Crippen molar-refractivity contribution in [3.8, 4) is 5.75 Å². The summed E-state index contributed by atoms with van der Waals surface area (Å²) in [7, 11) is 0. The van der Waals surface area contributed by atoms with Gasteiger partial charge in [-0.2, -0.15) is 0 Å². The summed E-state index contributed by atoms with van der Waals surface area (Å²) >= 11 is 0. The minimum Gasteiger partial charge on any atom is -0.465 e. The van der Waals surface area contributed by atoms with Crippen molar-refractivity contribution in [3.05, 3.63) is 60.2 Å². The van der Waals surface area contributed by atoms with Crippen molar-refractivity contribution < 1.29 is 4.74 Å². The Morgan fingerprint density at radius 2 is 1.77 bits per heavy atom. The van der Waals surface area contributed by atoms with E-state index in [2.05, 4.69) is 56.4 Å². The molecule has 0 saturated heterocycles. The van der Waals surface area contributed by atoms with E-state index in [9.17, 15) is 0 Å². The van der Waals surface area contributed by atoms with E-state index in [0.717, 1.165) is 29.3 Å². The molecule has 1 saturated carbocycles. The number of nitrogens with one attached hydrogen (secondary N) is 1. The largest absolute Gasteiger partial charge is 0.465 e. The standard InChI is InChI=1S/C23H28N2O/c1-16(2)20-14-13-17(3)15-23(20)25-22(24-18-9-5-4-6-10-18)19-11-7-8-12-21(19)26-23/h4-12,16-17,20H,13-15H2,1-3H3,(H,24,25)/t17-,20+,23-/m0/s1. The van der Waals surface area contributed by atoms with E-state index in [1.54, 1.807) is 0 Å². The summed E-state index contributed by atoms with van der Waals surface area (Å²) in [5.74, 6) is 3.46. The van der Waals surface area contributed by atoms with Crippen LogP contribution in [-0.2, 0) is 0 Å². The zero-order valence-corrected chi connectivity index (χ0v) is 15.9. The maximum absolute atomic E-state index is 6.65. The monoisotopic (exact) mass is 348 g/mol. The molecule has 2 aliphatic rings. The number of amidine groups is 1. The van der Waals surface area contributed by atoms with E-state index in [1.165, 1.54) is 12.8 Å². The lowest BCUT2D eigenvalue weighted by Gasteiger charge is -2.47. The highest BCUT2D eigenvalue weighted by atomic mass is 16.5. The van der Waals surface area contributed by atoms with Crippen LogP contribution in [0, 0.1) is 17.8 Å². The number of nitrogens with zero attached hydrogens (tertiary/aromatic N) is 1. The molecule has 3 atom stereocenters. The molecule has 2 aromatic carbocycles. The van der Waals surface area contributed by atoms with Crippen molar-refractivity contribution >= 4 is 11.5 Å². The molecule has 1 aliphatic heterocycles. The van der Waals surface area contributed by atoms with Crippen molar-refractivity contribution in [3.63, 3.8) is 0 Å². The Balaban J connectivity index is 1.80. The molecular weight excluding hydrogens is 320 g/mol. The predicted octanol–water partition coefficient (Wildman–Crippen LogP) is 5.73. The van der Waals surface area contributed by atoms with E-state index in [0.29, 0.717) is 17.8 Å². The van der Waals surface area contributed by atoms with Gasteiger partial charge in [0, 0.05) is 18.0 Å². The van der Waals surface area contributed by atoms with Gasteiger partial charge in [0.05, 0.1) is 5.56 Å². The molecule has 3 heteroatoms. The first kappa shape index (κ1) is 17.1. The highest BCUT2D eigenvalue weighted by Crippen LogP contribution is 2.47. The number of aliphatic imine (C=N–C) groups is 1. The quantitative estimate of drug-likeness (QED) is 0.752. The van der Waals surface area contributed by atoms with E-state index >= 15 is 0 Å². The Morgan fingerprint density at radius 1 is 1.04 bits per heavy atom. The Hall–Kier alpha value is -2.29. The van der Waals surface area contributed by atoms with Gasteiger partial charge in [-0.3, -0.25) is 0 Å². The van der Waals surface area contributed by atoms with E-state index in [1.807, 2.05) is 24.3 Å². The average molecular weight is 348 g/mol. The summed E-state index contributed by atoms with van der Waals surface area (Å²) in [6, 6.07) is 18.5. The highest BCUT2D eigenvalue weighted by molar-refractivity contribution is 6.10. The lowest BCUT2D eigenvalue weighted by molar-refractivity contribution is -0.0539. The fourth-order valence-corrected chi connectivity index (χ4v) is 4.51. The van der Waals surface area contributed by atoms with Crippen molar-refractivity contribution in [2.45, 2.75) is 45.8 Å². The predicted molar refractivity (Wildman–Crippen MR) is 108 cm³/mol. The van der Waals surface area contributed by atoms with Crippen molar-refractivity contribution in [1.29, 1.82) is 0 Å². The minimum atomic E-state index is -0.461. The van der Waals surface area contributed by atoms with E-state index in [-0.39, 0.29) is 0 Å². The fraction of sp³-hybridized carbons (Fsp3) is 0.435. The topological polar surface area (TPSA) is 33.6 Å². The zero-order chi connectivity index (χ0) is 18.1. The first-order valence-corrected chi connectivity index (χ1v) is 9.78. The highest BCUT2D eigenvalue weighted by Gasteiger charge is 2.49. The van der Waals surface area contributed by atoms with Crippen molar-refractivity contribution in [2.75, 3.05) is 5.32 Å². The molecule has 136 valence electrons. The lowest BCUT2D eigenvalue weighted by Crippen LogP contribution is -2.51. The molecule has 0 unspecified atom stereocenters. The molecule has 3 nitrogen and oxygen atoms in total. The molecule has 2 aromatic rings. The van der Waals surface area contributed by atoms with Gasteiger partial charge in [-0.05, 0) is 48.9 Å². The smallest absolute Gasteiger partial charge is 0.205 e. The van der Waals surface area contributed by atoms with Crippen LogP contribution in [0.2, 0.25) is 0 Å². The molecule has 0 bridgehead atoms. The third-order valence-electron chi connectivity index (χ3n) is 5.76. The molecular formula is C23H28N2O. The van der Waals surface area contributed by atoms with Gasteiger partial charge in [-0.1, -0.05) is 51.1 Å². The van der Waals surface area contributed by atoms with Crippen LogP contribution in [0.15, 0.2) is 59.6 Å². The van der Waals surface area contributed by atoms with Crippen LogP contribution >= 0.6 is 0 Å². The maximum atomic E-state index is 6.65. The molecule has 0 radical (unpaired) electrons. The third kappa shape index (κ3) is 3.11. The van der Waals surface area contributed by atoms with Crippen LogP contribution in [0.25, 0.3) is 0 Å². The lowest BCUT2D eigenvalue weighted by atomic mass is 9.71. The Bertz CT molecular complexity index is 799. The SMILES string of the molecule is CC(C)[C@H]1CC[C@H](C)C[C@@]12N=C(Nc1ccccc1)c1ccccc1O2. The number of hydrogen-bond donors (Lipinski definition) is 1. The van der Waals surface area contributed by atoms with Gasteiger partial charge in [0.25, 0.3) is 0 Å². The Labute approximate surface area is 156 Å². The molecule has 1 fully saturated rings. The molecule has 1 N–H and O–H groups in total. The fourth-order valence-electron chi connectivity index (χ4n) is 4.51. The first-order chi connectivity index (χ1) is 12.6. The van der Waals surface area contributed by atoms with Gasteiger partial charge < -0.3 is 10.1 Å². The van der Waals surface area contributed by atoms with Crippen LogP contribution in [0.4, 0.5) is 5.69 Å². The van der Waals surface area contributed by atoms with E-state index < -0.39 is 5.72 Å². The van der Waals surface area contributed by atoms with Crippen molar-refractivity contribution in [1.82, 2.24) is 0 Å². The normalized spacial score (nSPS) is 27.6. The average Bonchev–Trinajstić information content (AvgIpc) is 2.62. The van der Waals surface area contributed by atoms with E-state index in [4.69, 9.17) is 9.73 Å². The molecule has 0 amide bonds. The number of rotatable bonds is 2. The third-order valence-corrected chi connectivity index (χ3v) is 5.76. The molecule has 0 aromatic heterocycles. The second-order valence-corrected chi connectivity index (χ2v) is 8.13. The molecule has 1 spiro atoms. The maximum Gasteiger partial charge on any atom is 0.205 e. The van der Waals surface area contributed by atoms with Crippen LogP contribution in [0.3, 0.4) is 0 Å². The number of fused-ring (bicyclic) bond motifs is 1. The first-order valence-electron chi connectivity index (χ1n) is 9.78. The van der Waals surface area contributed by atoms with Gasteiger partial charge >= 0.3 is 0 Å². The number of para-hydroxylation sites is 2. The van der Waals surface area contributed by atoms with Gasteiger partial charge in [0.2, 0.25) is 5.72 Å². The van der Waals surface area contributed by atoms with Gasteiger partial charge in [0.1, 0.15) is 11.6 Å². The van der Waals surface area contributed by atoms with Gasteiger partial charge in [0.15, 0.2) is 0 Å². The molecule has 4 rings (SSSR count). The number of hydrogen-bond acceptors (Lipinski definition) is 3. The summed E-state index contributed by atoms with van der Waals surface area (Å²) in [6.07, 6.45) is 3.40. The Morgan fingerprint density at radius 3 is 2.54 bits per heavy atom.